The highest BCUT2D eigenvalue weighted by atomic mass is 79.9. The van der Waals surface area contributed by atoms with Crippen molar-refractivity contribution in [2.45, 2.75) is 19.4 Å². The molecule has 1 N–H and O–H groups in total. The smallest absolute Gasteiger partial charge is 0.166 e. The first kappa shape index (κ1) is 17.1. The van der Waals surface area contributed by atoms with Gasteiger partial charge >= 0.3 is 0 Å². The molecule has 0 saturated carbocycles. The first-order valence-corrected chi connectivity index (χ1v) is 8.82. The fourth-order valence-corrected chi connectivity index (χ4v) is 3.54. The monoisotopic (exact) mass is 391 g/mol. The zero-order chi connectivity index (χ0) is 17.1. The molecule has 1 heterocycles. The van der Waals surface area contributed by atoms with Crippen LogP contribution in [0.5, 0.6) is 5.75 Å². The molecule has 0 amide bonds. The van der Waals surface area contributed by atoms with Gasteiger partial charge in [0.15, 0.2) is 5.78 Å². The van der Waals surface area contributed by atoms with Gasteiger partial charge in [0, 0.05) is 18.0 Å². The van der Waals surface area contributed by atoms with Crippen molar-refractivity contribution in [2.75, 3.05) is 13.1 Å². The van der Waals surface area contributed by atoms with E-state index in [9.17, 15) is 14.3 Å². The molecular formula is C19H19BrFNO2. The van der Waals surface area contributed by atoms with E-state index < -0.39 is 0 Å². The number of hydrogen-bond acceptors (Lipinski definition) is 3. The van der Waals surface area contributed by atoms with Crippen LogP contribution in [0.4, 0.5) is 4.39 Å². The number of Topliss-reactive ketones (excluding diaryl/α,β-unsaturated/α-hetero) is 1. The molecule has 0 bridgehead atoms. The highest BCUT2D eigenvalue weighted by Gasteiger charge is 2.25. The summed E-state index contributed by atoms with van der Waals surface area (Å²) in [5.41, 5.74) is 1.72. The van der Waals surface area contributed by atoms with Gasteiger partial charge in [0.25, 0.3) is 0 Å². The molecule has 0 unspecified atom stereocenters. The SMILES string of the molecule is O=C(c1ccc(O)cc1)C1CCN(Cc2ccc(F)c(Br)c2)CC1. The van der Waals surface area contributed by atoms with Gasteiger partial charge in [-0.25, -0.2) is 4.39 Å². The summed E-state index contributed by atoms with van der Waals surface area (Å²) in [6.45, 7) is 2.46. The van der Waals surface area contributed by atoms with Crippen molar-refractivity contribution in [2.24, 2.45) is 5.92 Å². The molecule has 2 aromatic rings. The number of ketones is 1. The lowest BCUT2D eigenvalue weighted by atomic mass is 9.88. The van der Waals surface area contributed by atoms with E-state index in [4.69, 9.17) is 0 Å². The zero-order valence-corrected chi connectivity index (χ0v) is 14.8. The molecule has 1 aliphatic heterocycles. The Morgan fingerprint density at radius 3 is 2.46 bits per heavy atom. The molecule has 1 aliphatic rings. The van der Waals surface area contributed by atoms with Gasteiger partial charge in [-0.3, -0.25) is 9.69 Å². The topological polar surface area (TPSA) is 40.5 Å². The normalized spacial score (nSPS) is 16.2. The third-order valence-electron chi connectivity index (χ3n) is 4.50. The van der Waals surface area contributed by atoms with Crippen LogP contribution < -0.4 is 0 Å². The van der Waals surface area contributed by atoms with E-state index >= 15 is 0 Å². The Morgan fingerprint density at radius 1 is 1.17 bits per heavy atom. The Morgan fingerprint density at radius 2 is 1.83 bits per heavy atom. The minimum Gasteiger partial charge on any atom is -0.508 e. The van der Waals surface area contributed by atoms with Crippen molar-refractivity contribution >= 4 is 21.7 Å². The first-order valence-electron chi connectivity index (χ1n) is 8.02. The number of aromatic hydroxyl groups is 1. The predicted molar refractivity (Wildman–Crippen MR) is 94.5 cm³/mol. The van der Waals surface area contributed by atoms with Gasteiger partial charge in [-0.1, -0.05) is 6.07 Å². The minimum atomic E-state index is -0.253. The number of carbonyl (C=O) groups is 1. The van der Waals surface area contributed by atoms with E-state index in [1.807, 2.05) is 6.07 Å². The van der Waals surface area contributed by atoms with Crippen molar-refractivity contribution in [1.82, 2.24) is 4.90 Å². The number of nitrogens with zero attached hydrogens (tertiary/aromatic N) is 1. The fourth-order valence-electron chi connectivity index (χ4n) is 3.11. The molecule has 0 aromatic heterocycles. The molecule has 0 radical (unpaired) electrons. The summed E-state index contributed by atoms with van der Waals surface area (Å²) in [6, 6.07) is 11.5. The van der Waals surface area contributed by atoms with E-state index in [1.54, 1.807) is 30.3 Å². The summed E-state index contributed by atoms with van der Waals surface area (Å²) < 4.78 is 13.8. The largest absolute Gasteiger partial charge is 0.508 e. The predicted octanol–water partition coefficient (Wildman–Crippen LogP) is 4.39. The van der Waals surface area contributed by atoms with Crippen LogP contribution >= 0.6 is 15.9 Å². The van der Waals surface area contributed by atoms with Gasteiger partial charge in [0.2, 0.25) is 0 Å². The number of phenolic OH excluding ortho intramolecular Hbond substituents is 1. The molecule has 0 aliphatic carbocycles. The van der Waals surface area contributed by atoms with Crippen molar-refractivity contribution < 1.29 is 14.3 Å². The Hall–Kier alpha value is -1.72. The molecule has 2 aromatic carbocycles. The van der Waals surface area contributed by atoms with Crippen LogP contribution in [0.3, 0.4) is 0 Å². The number of benzene rings is 2. The maximum absolute atomic E-state index is 13.3. The Bertz CT molecular complexity index is 725. The minimum absolute atomic E-state index is 0.0331. The highest BCUT2D eigenvalue weighted by molar-refractivity contribution is 9.10. The lowest BCUT2D eigenvalue weighted by Gasteiger charge is -2.31. The quantitative estimate of drug-likeness (QED) is 0.785. The molecule has 126 valence electrons. The number of piperidine rings is 1. The molecule has 0 spiro atoms. The standard InChI is InChI=1S/C19H19BrFNO2/c20-17-11-13(1-6-18(17)21)12-22-9-7-15(8-10-22)19(24)14-2-4-16(23)5-3-14/h1-6,11,15,23H,7-10,12H2. The summed E-state index contributed by atoms with van der Waals surface area (Å²) in [6.07, 6.45) is 1.64. The van der Waals surface area contributed by atoms with E-state index in [2.05, 4.69) is 20.8 Å². The van der Waals surface area contributed by atoms with Crippen LogP contribution in [0.1, 0.15) is 28.8 Å². The van der Waals surface area contributed by atoms with Crippen LogP contribution in [0.2, 0.25) is 0 Å². The van der Waals surface area contributed by atoms with E-state index in [0.717, 1.165) is 38.0 Å². The lowest BCUT2D eigenvalue weighted by Crippen LogP contribution is -2.35. The molecule has 3 nitrogen and oxygen atoms in total. The van der Waals surface area contributed by atoms with Gasteiger partial charge < -0.3 is 5.11 Å². The first-order chi connectivity index (χ1) is 11.5. The van der Waals surface area contributed by atoms with E-state index in [1.165, 1.54) is 6.07 Å². The molecule has 1 saturated heterocycles. The van der Waals surface area contributed by atoms with Crippen molar-refractivity contribution in [1.29, 1.82) is 0 Å². The number of rotatable bonds is 4. The van der Waals surface area contributed by atoms with Crippen molar-refractivity contribution in [3.8, 4) is 5.75 Å². The lowest BCUT2D eigenvalue weighted by molar-refractivity contribution is 0.0835. The average molecular weight is 392 g/mol. The number of halogens is 2. The third-order valence-corrected chi connectivity index (χ3v) is 5.11. The van der Waals surface area contributed by atoms with Gasteiger partial charge in [-0.05, 0) is 83.8 Å². The summed E-state index contributed by atoms with van der Waals surface area (Å²) in [5, 5.41) is 9.32. The van der Waals surface area contributed by atoms with Crippen LogP contribution in [0.15, 0.2) is 46.9 Å². The zero-order valence-electron chi connectivity index (χ0n) is 13.2. The summed E-state index contributed by atoms with van der Waals surface area (Å²) in [4.78, 5) is 14.8. The van der Waals surface area contributed by atoms with Crippen LogP contribution in [-0.4, -0.2) is 28.9 Å². The Kier molecular flexibility index (Phi) is 5.31. The molecule has 3 rings (SSSR count). The maximum atomic E-state index is 13.3. The number of carbonyl (C=O) groups excluding carboxylic acids is 1. The Balaban J connectivity index is 1.56. The average Bonchev–Trinajstić information content (AvgIpc) is 2.59. The fraction of sp³-hybridized carbons (Fsp3) is 0.316. The van der Waals surface area contributed by atoms with Gasteiger partial charge in [-0.15, -0.1) is 0 Å². The van der Waals surface area contributed by atoms with Gasteiger partial charge in [-0.2, -0.15) is 0 Å². The second-order valence-electron chi connectivity index (χ2n) is 6.21. The molecule has 0 atom stereocenters. The van der Waals surface area contributed by atoms with Crippen molar-refractivity contribution in [3.63, 3.8) is 0 Å². The van der Waals surface area contributed by atoms with Crippen molar-refractivity contribution in [3.05, 3.63) is 63.9 Å². The summed E-state index contributed by atoms with van der Waals surface area (Å²) >= 11 is 3.21. The molecule has 24 heavy (non-hydrogen) atoms. The Labute approximate surface area is 149 Å². The van der Waals surface area contributed by atoms with Gasteiger partial charge in [0.05, 0.1) is 4.47 Å². The second kappa shape index (κ2) is 7.45. The van der Waals surface area contributed by atoms with Gasteiger partial charge in [0.1, 0.15) is 11.6 Å². The van der Waals surface area contributed by atoms with Crippen LogP contribution in [-0.2, 0) is 6.54 Å². The van der Waals surface area contributed by atoms with Crippen LogP contribution in [0.25, 0.3) is 0 Å². The van der Waals surface area contributed by atoms with E-state index in [0.29, 0.717) is 10.0 Å². The maximum Gasteiger partial charge on any atom is 0.166 e. The summed E-state index contributed by atoms with van der Waals surface area (Å²) in [7, 11) is 0. The van der Waals surface area contributed by atoms with Crippen LogP contribution in [0, 0.1) is 11.7 Å². The second-order valence-corrected chi connectivity index (χ2v) is 7.06. The third kappa shape index (κ3) is 4.02. The van der Waals surface area contributed by atoms with E-state index in [-0.39, 0.29) is 23.3 Å². The number of phenols is 1. The molecule has 1 fully saturated rings. The number of likely N-dealkylation sites (tertiary alicyclic amines) is 1. The number of hydrogen-bond donors (Lipinski definition) is 1. The molecular weight excluding hydrogens is 373 g/mol. The molecule has 5 heteroatoms. The highest BCUT2D eigenvalue weighted by Crippen LogP contribution is 2.25. The summed E-state index contributed by atoms with van der Waals surface area (Å²) in [5.74, 6) is 0.105.